The second-order valence-electron chi connectivity index (χ2n) is 4.83. The van der Waals surface area contributed by atoms with E-state index in [1.807, 2.05) is 17.8 Å². The summed E-state index contributed by atoms with van der Waals surface area (Å²) in [7, 11) is 3.49. The van der Waals surface area contributed by atoms with Crippen molar-refractivity contribution < 1.29 is 4.79 Å². The first-order valence-corrected chi connectivity index (χ1v) is 7.71. The van der Waals surface area contributed by atoms with Crippen molar-refractivity contribution in [3.05, 3.63) is 23.8 Å². The van der Waals surface area contributed by atoms with E-state index >= 15 is 0 Å². The number of nitrogens with zero attached hydrogens (tertiary/aromatic N) is 1. The van der Waals surface area contributed by atoms with Gasteiger partial charge in [0.15, 0.2) is 0 Å². The standard InChI is InChI=1S/C14H23N3OS/c1-10(7-8-19-4)16-13-9-11(5-6-12(13)15)14(18)17(2)3/h5-6,9-10,16H,7-8,15H2,1-4H3. The van der Waals surface area contributed by atoms with Gasteiger partial charge in [-0.15, -0.1) is 0 Å². The topological polar surface area (TPSA) is 58.4 Å². The molecule has 0 aromatic heterocycles. The maximum absolute atomic E-state index is 11.9. The van der Waals surface area contributed by atoms with Crippen molar-refractivity contribution in [2.75, 3.05) is 37.2 Å². The monoisotopic (exact) mass is 281 g/mol. The van der Waals surface area contributed by atoms with Gasteiger partial charge in [0, 0.05) is 25.7 Å². The zero-order chi connectivity index (χ0) is 14.4. The van der Waals surface area contributed by atoms with Crippen LogP contribution in [0.4, 0.5) is 11.4 Å². The Labute approximate surface area is 119 Å². The Morgan fingerprint density at radius 2 is 2.16 bits per heavy atom. The minimum Gasteiger partial charge on any atom is -0.397 e. The van der Waals surface area contributed by atoms with E-state index in [9.17, 15) is 4.79 Å². The minimum absolute atomic E-state index is 0.0141. The molecule has 0 saturated carbocycles. The van der Waals surface area contributed by atoms with Gasteiger partial charge in [0.05, 0.1) is 11.4 Å². The molecule has 1 aromatic rings. The summed E-state index contributed by atoms with van der Waals surface area (Å²) in [5, 5.41) is 3.37. The van der Waals surface area contributed by atoms with Crippen molar-refractivity contribution >= 4 is 29.0 Å². The Kier molecular flexibility index (Phi) is 6.02. The molecule has 0 radical (unpaired) electrons. The van der Waals surface area contributed by atoms with Gasteiger partial charge in [0.25, 0.3) is 5.91 Å². The van der Waals surface area contributed by atoms with Gasteiger partial charge < -0.3 is 16.0 Å². The van der Waals surface area contributed by atoms with E-state index in [2.05, 4.69) is 18.5 Å². The first-order chi connectivity index (χ1) is 8.95. The van der Waals surface area contributed by atoms with Gasteiger partial charge in [-0.05, 0) is 43.6 Å². The van der Waals surface area contributed by atoms with Crippen LogP contribution in [0.1, 0.15) is 23.7 Å². The molecule has 5 heteroatoms. The van der Waals surface area contributed by atoms with Crippen LogP contribution >= 0.6 is 11.8 Å². The Morgan fingerprint density at radius 1 is 1.47 bits per heavy atom. The molecule has 0 saturated heterocycles. The van der Waals surface area contributed by atoms with Gasteiger partial charge in [-0.1, -0.05) is 0 Å². The Hall–Kier alpha value is -1.36. The van der Waals surface area contributed by atoms with Crippen molar-refractivity contribution in [2.45, 2.75) is 19.4 Å². The van der Waals surface area contributed by atoms with Gasteiger partial charge in [-0.25, -0.2) is 0 Å². The number of benzene rings is 1. The van der Waals surface area contributed by atoms with Crippen molar-refractivity contribution in [2.24, 2.45) is 0 Å². The summed E-state index contributed by atoms with van der Waals surface area (Å²) in [6, 6.07) is 5.70. The zero-order valence-electron chi connectivity index (χ0n) is 12.1. The van der Waals surface area contributed by atoms with Crippen LogP contribution in [0.3, 0.4) is 0 Å². The first-order valence-electron chi connectivity index (χ1n) is 6.32. The number of hydrogen-bond acceptors (Lipinski definition) is 4. The van der Waals surface area contributed by atoms with Crippen molar-refractivity contribution in [1.82, 2.24) is 4.90 Å². The SMILES string of the molecule is CSCCC(C)Nc1cc(C(=O)N(C)C)ccc1N. The quantitative estimate of drug-likeness (QED) is 0.787. The summed E-state index contributed by atoms with van der Waals surface area (Å²) in [6.45, 7) is 2.12. The molecular formula is C14H23N3OS. The Morgan fingerprint density at radius 3 is 2.74 bits per heavy atom. The highest BCUT2D eigenvalue weighted by atomic mass is 32.2. The van der Waals surface area contributed by atoms with Gasteiger partial charge in [-0.2, -0.15) is 11.8 Å². The molecule has 1 unspecified atom stereocenters. The van der Waals surface area contributed by atoms with Crippen LogP contribution in [0.2, 0.25) is 0 Å². The third-order valence-corrected chi connectivity index (χ3v) is 3.51. The number of nitrogen functional groups attached to an aromatic ring is 1. The van der Waals surface area contributed by atoms with Crippen LogP contribution < -0.4 is 11.1 Å². The minimum atomic E-state index is -0.0141. The highest BCUT2D eigenvalue weighted by Gasteiger charge is 2.11. The van der Waals surface area contributed by atoms with Crippen molar-refractivity contribution in [3.8, 4) is 0 Å². The lowest BCUT2D eigenvalue weighted by Crippen LogP contribution is -2.22. The lowest BCUT2D eigenvalue weighted by atomic mass is 10.1. The lowest BCUT2D eigenvalue weighted by Gasteiger charge is -2.18. The number of carbonyl (C=O) groups excluding carboxylic acids is 1. The fraction of sp³-hybridized carbons (Fsp3) is 0.500. The fourth-order valence-electron chi connectivity index (χ4n) is 1.70. The maximum Gasteiger partial charge on any atom is 0.253 e. The van der Waals surface area contributed by atoms with E-state index in [0.29, 0.717) is 17.3 Å². The van der Waals surface area contributed by atoms with E-state index < -0.39 is 0 Å². The van der Waals surface area contributed by atoms with Gasteiger partial charge in [0.1, 0.15) is 0 Å². The van der Waals surface area contributed by atoms with Gasteiger partial charge in [-0.3, -0.25) is 4.79 Å². The number of thioether (sulfide) groups is 1. The summed E-state index contributed by atoms with van der Waals surface area (Å²) in [5.41, 5.74) is 8.11. The molecule has 1 rings (SSSR count). The molecule has 4 nitrogen and oxygen atoms in total. The van der Waals surface area contributed by atoms with E-state index in [4.69, 9.17) is 5.73 Å². The maximum atomic E-state index is 11.9. The molecule has 19 heavy (non-hydrogen) atoms. The number of carbonyl (C=O) groups is 1. The molecule has 0 spiro atoms. The molecular weight excluding hydrogens is 258 g/mol. The van der Waals surface area contributed by atoms with Crippen LogP contribution in [0.15, 0.2) is 18.2 Å². The Bertz CT molecular complexity index is 435. The van der Waals surface area contributed by atoms with Crippen LogP contribution in [0.5, 0.6) is 0 Å². The number of anilines is 2. The van der Waals surface area contributed by atoms with E-state index in [0.717, 1.165) is 17.9 Å². The molecule has 106 valence electrons. The normalized spacial score (nSPS) is 12.0. The smallest absolute Gasteiger partial charge is 0.253 e. The number of hydrogen-bond donors (Lipinski definition) is 2. The summed E-state index contributed by atoms with van der Waals surface area (Å²) >= 11 is 1.82. The van der Waals surface area contributed by atoms with E-state index in [1.165, 1.54) is 0 Å². The number of nitrogens with one attached hydrogen (secondary N) is 1. The summed E-state index contributed by atoms with van der Waals surface area (Å²) in [5.74, 6) is 1.09. The molecule has 0 aliphatic rings. The summed E-state index contributed by atoms with van der Waals surface area (Å²) < 4.78 is 0. The highest BCUT2D eigenvalue weighted by molar-refractivity contribution is 7.98. The molecule has 0 heterocycles. The molecule has 3 N–H and O–H groups in total. The number of rotatable bonds is 6. The third-order valence-electron chi connectivity index (χ3n) is 2.86. The highest BCUT2D eigenvalue weighted by Crippen LogP contribution is 2.22. The third kappa shape index (κ3) is 4.67. The molecule has 0 aliphatic carbocycles. The second kappa shape index (κ2) is 7.28. The lowest BCUT2D eigenvalue weighted by molar-refractivity contribution is 0.0827. The van der Waals surface area contributed by atoms with Crippen LogP contribution in [-0.2, 0) is 0 Å². The Balaban J connectivity index is 2.82. The van der Waals surface area contributed by atoms with Crippen LogP contribution in [-0.4, -0.2) is 43.0 Å². The van der Waals surface area contributed by atoms with Crippen molar-refractivity contribution in [1.29, 1.82) is 0 Å². The van der Waals surface area contributed by atoms with Gasteiger partial charge in [0.2, 0.25) is 0 Å². The molecule has 0 aliphatic heterocycles. The number of amides is 1. The van der Waals surface area contributed by atoms with Crippen molar-refractivity contribution in [3.63, 3.8) is 0 Å². The molecule has 1 aromatic carbocycles. The molecule has 1 atom stereocenters. The first kappa shape index (κ1) is 15.7. The zero-order valence-corrected chi connectivity index (χ0v) is 12.9. The summed E-state index contributed by atoms with van der Waals surface area (Å²) in [6.07, 6.45) is 3.16. The predicted octanol–water partition coefficient (Wildman–Crippen LogP) is 2.52. The van der Waals surface area contributed by atoms with Gasteiger partial charge >= 0.3 is 0 Å². The summed E-state index contributed by atoms with van der Waals surface area (Å²) in [4.78, 5) is 13.5. The average molecular weight is 281 g/mol. The number of nitrogens with two attached hydrogens (primary N) is 1. The average Bonchev–Trinajstić information content (AvgIpc) is 2.38. The predicted molar refractivity (Wildman–Crippen MR) is 85.0 cm³/mol. The second-order valence-corrected chi connectivity index (χ2v) is 5.81. The molecule has 0 bridgehead atoms. The molecule has 0 fully saturated rings. The largest absolute Gasteiger partial charge is 0.397 e. The van der Waals surface area contributed by atoms with Crippen LogP contribution in [0.25, 0.3) is 0 Å². The van der Waals surface area contributed by atoms with Crippen LogP contribution in [0, 0.1) is 0 Å². The van der Waals surface area contributed by atoms with E-state index in [-0.39, 0.29) is 5.91 Å². The van der Waals surface area contributed by atoms with E-state index in [1.54, 1.807) is 31.1 Å². The molecule has 1 amide bonds. The fourth-order valence-corrected chi connectivity index (χ4v) is 2.29.